The van der Waals surface area contributed by atoms with Gasteiger partial charge in [-0.3, -0.25) is 4.79 Å². The summed E-state index contributed by atoms with van der Waals surface area (Å²) in [5.41, 5.74) is 1.11. The minimum absolute atomic E-state index is 0.0921. The van der Waals surface area contributed by atoms with Crippen molar-refractivity contribution in [3.05, 3.63) is 47.7 Å². The van der Waals surface area contributed by atoms with Gasteiger partial charge in [0.05, 0.1) is 11.3 Å². The minimum Gasteiger partial charge on any atom is -0.478 e. The van der Waals surface area contributed by atoms with Crippen molar-refractivity contribution in [2.24, 2.45) is 0 Å². The van der Waals surface area contributed by atoms with Crippen LogP contribution in [0.3, 0.4) is 0 Å². The SMILES string of the molecule is CC(=O)Nc1ccccc1Oc1cc(C(=O)O)cc(C)n1. The highest BCUT2D eigenvalue weighted by atomic mass is 16.5. The number of rotatable bonds is 4. The summed E-state index contributed by atoms with van der Waals surface area (Å²) in [4.78, 5) is 26.3. The number of amides is 1. The number of nitrogens with one attached hydrogen (secondary N) is 1. The van der Waals surface area contributed by atoms with Crippen molar-refractivity contribution in [2.75, 3.05) is 5.32 Å². The van der Waals surface area contributed by atoms with E-state index in [9.17, 15) is 9.59 Å². The first-order valence-corrected chi connectivity index (χ1v) is 6.22. The summed E-state index contributed by atoms with van der Waals surface area (Å²) in [6.45, 7) is 3.07. The van der Waals surface area contributed by atoms with E-state index in [1.165, 1.54) is 19.1 Å². The maximum Gasteiger partial charge on any atom is 0.335 e. The molecule has 0 spiro atoms. The third kappa shape index (κ3) is 3.79. The molecule has 2 rings (SSSR count). The van der Waals surface area contributed by atoms with Gasteiger partial charge >= 0.3 is 5.97 Å². The number of pyridine rings is 1. The Morgan fingerprint density at radius 2 is 1.95 bits per heavy atom. The lowest BCUT2D eigenvalue weighted by atomic mass is 10.2. The van der Waals surface area contributed by atoms with Crippen molar-refractivity contribution in [3.8, 4) is 11.6 Å². The largest absolute Gasteiger partial charge is 0.478 e. The number of aryl methyl sites for hydroxylation is 1. The Morgan fingerprint density at radius 1 is 1.24 bits per heavy atom. The van der Waals surface area contributed by atoms with E-state index in [2.05, 4.69) is 10.3 Å². The van der Waals surface area contributed by atoms with E-state index in [4.69, 9.17) is 9.84 Å². The number of aromatic carboxylic acids is 1. The maximum absolute atomic E-state index is 11.2. The monoisotopic (exact) mass is 286 g/mol. The van der Waals surface area contributed by atoms with E-state index in [1.54, 1.807) is 31.2 Å². The first-order chi connectivity index (χ1) is 9.95. The molecule has 6 nitrogen and oxygen atoms in total. The van der Waals surface area contributed by atoms with Crippen LogP contribution in [0.4, 0.5) is 5.69 Å². The predicted molar refractivity (Wildman–Crippen MR) is 76.8 cm³/mol. The van der Waals surface area contributed by atoms with Gasteiger partial charge in [-0.15, -0.1) is 0 Å². The number of carboxylic acid groups (broad SMARTS) is 1. The van der Waals surface area contributed by atoms with Crippen LogP contribution in [0.25, 0.3) is 0 Å². The van der Waals surface area contributed by atoms with Gasteiger partial charge in [0.2, 0.25) is 11.8 Å². The number of ether oxygens (including phenoxy) is 1. The average Bonchev–Trinajstić information content (AvgIpc) is 2.39. The number of carbonyl (C=O) groups excluding carboxylic acids is 1. The molecule has 1 amide bonds. The van der Waals surface area contributed by atoms with Gasteiger partial charge in [0, 0.05) is 18.7 Å². The molecule has 0 aliphatic heterocycles. The number of aromatic nitrogens is 1. The van der Waals surface area contributed by atoms with Crippen LogP contribution in [0, 0.1) is 6.92 Å². The van der Waals surface area contributed by atoms with E-state index >= 15 is 0 Å². The molecule has 1 aromatic carbocycles. The fourth-order valence-corrected chi connectivity index (χ4v) is 1.78. The van der Waals surface area contributed by atoms with Crippen LogP contribution >= 0.6 is 0 Å². The van der Waals surface area contributed by atoms with E-state index in [-0.39, 0.29) is 17.4 Å². The Morgan fingerprint density at radius 3 is 2.62 bits per heavy atom. The Hall–Kier alpha value is -2.89. The third-order valence-electron chi connectivity index (χ3n) is 2.59. The molecule has 1 heterocycles. The highest BCUT2D eigenvalue weighted by Crippen LogP contribution is 2.28. The van der Waals surface area contributed by atoms with E-state index < -0.39 is 5.97 Å². The van der Waals surface area contributed by atoms with Crippen LogP contribution in [0.5, 0.6) is 11.6 Å². The summed E-state index contributed by atoms with van der Waals surface area (Å²) < 4.78 is 5.59. The second kappa shape index (κ2) is 6.04. The number of anilines is 1. The number of hydrogen-bond acceptors (Lipinski definition) is 4. The first-order valence-electron chi connectivity index (χ1n) is 6.22. The summed E-state index contributed by atoms with van der Waals surface area (Å²) in [6.07, 6.45) is 0. The molecule has 6 heteroatoms. The van der Waals surface area contributed by atoms with Crippen LogP contribution in [0.2, 0.25) is 0 Å². The molecule has 0 saturated heterocycles. The highest BCUT2D eigenvalue weighted by Gasteiger charge is 2.10. The Balaban J connectivity index is 2.34. The molecule has 21 heavy (non-hydrogen) atoms. The van der Waals surface area contributed by atoms with Crippen LogP contribution in [0.1, 0.15) is 23.0 Å². The van der Waals surface area contributed by atoms with Gasteiger partial charge in [0.25, 0.3) is 0 Å². The molecule has 2 N–H and O–H groups in total. The van der Waals surface area contributed by atoms with Crippen molar-refractivity contribution in [3.63, 3.8) is 0 Å². The van der Waals surface area contributed by atoms with Crippen molar-refractivity contribution in [1.29, 1.82) is 0 Å². The average molecular weight is 286 g/mol. The van der Waals surface area contributed by atoms with Gasteiger partial charge in [-0.25, -0.2) is 9.78 Å². The quantitative estimate of drug-likeness (QED) is 0.902. The minimum atomic E-state index is -1.06. The van der Waals surface area contributed by atoms with Crippen LogP contribution in [-0.4, -0.2) is 22.0 Å². The Bertz CT molecular complexity index is 698. The molecule has 0 aliphatic rings. The molecule has 0 atom stereocenters. The molecule has 0 unspecified atom stereocenters. The lowest BCUT2D eigenvalue weighted by Crippen LogP contribution is -2.07. The van der Waals surface area contributed by atoms with Crippen molar-refractivity contribution in [1.82, 2.24) is 4.98 Å². The van der Waals surface area contributed by atoms with Crippen molar-refractivity contribution in [2.45, 2.75) is 13.8 Å². The van der Waals surface area contributed by atoms with Gasteiger partial charge < -0.3 is 15.2 Å². The van der Waals surface area contributed by atoms with E-state index in [1.807, 2.05) is 0 Å². The fraction of sp³-hybridized carbons (Fsp3) is 0.133. The van der Waals surface area contributed by atoms with Gasteiger partial charge in [0.15, 0.2) is 5.75 Å². The van der Waals surface area contributed by atoms with Gasteiger partial charge in [-0.05, 0) is 25.1 Å². The van der Waals surface area contributed by atoms with Gasteiger partial charge in [-0.1, -0.05) is 12.1 Å². The molecule has 1 aromatic heterocycles. The zero-order chi connectivity index (χ0) is 15.4. The topological polar surface area (TPSA) is 88.5 Å². The molecule has 0 bridgehead atoms. The molecular formula is C15H14N2O4. The Kier molecular flexibility index (Phi) is 4.18. The second-order valence-electron chi connectivity index (χ2n) is 4.42. The molecular weight excluding hydrogens is 272 g/mol. The van der Waals surface area contributed by atoms with E-state index in [0.717, 1.165) is 0 Å². The number of carboxylic acids is 1. The van der Waals surface area contributed by atoms with Crippen LogP contribution in [0.15, 0.2) is 36.4 Å². The molecule has 2 aromatic rings. The first kappa shape index (κ1) is 14.5. The number of para-hydroxylation sites is 2. The summed E-state index contributed by atoms with van der Waals surface area (Å²) in [5, 5.41) is 11.7. The summed E-state index contributed by atoms with van der Waals surface area (Å²) in [6, 6.07) is 9.63. The predicted octanol–water partition coefficient (Wildman–Crippen LogP) is 2.84. The maximum atomic E-state index is 11.2. The van der Waals surface area contributed by atoms with E-state index in [0.29, 0.717) is 17.1 Å². The lowest BCUT2D eigenvalue weighted by molar-refractivity contribution is -0.114. The van der Waals surface area contributed by atoms with Crippen LogP contribution in [-0.2, 0) is 4.79 Å². The second-order valence-corrected chi connectivity index (χ2v) is 4.42. The zero-order valence-corrected chi connectivity index (χ0v) is 11.6. The zero-order valence-electron chi connectivity index (χ0n) is 11.6. The molecule has 108 valence electrons. The number of carbonyl (C=O) groups is 2. The van der Waals surface area contributed by atoms with Gasteiger partial charge in [0.1, 0.15) is 0 Å². The summed E-state index contributed by atoms with van der Waals surface area (Å²) in [5.74, 6) is -0.734. The van der Waals surface area contributed by atoms with Crippen molar-refractivity contribution >= 4 is 17.6 Å². The molecule has 0 aliphatic carbocycles. The van der Waals surface area contributed by atoms with Crippen molar-refractivity contribution < 1.29 is 19.4 Å². The fourth-order valence-electron chi connectivity index (χ4n) is 1.78. The smallest absolute Gasteiger partial charge is 0.335 e. The number of nitrogens with zero attached hydrogens (tertiary/aromatic N) is 1. The third-order valence-corrected chi connectivity index (χ3v) is 2.59. The normalized spacial score (nSPS) is 10.0. The summed E-state index contributed by atoms with van der Waals surface area (Å²) in [7, 11) is 0. The lowest BCUT2D eigenvalue weighted by Gasteiger charge is -2.11. The molecule has 0 radical (unpaired) electrons. The Labute approximate surface area is 121 Å². The number of benzene rings is 1. The highest BCUT2D eigenvalue weighted by molar-refractivity contribution is 5.90. The summed E-state index contributed by atoms with van der Waals surface area (Å²) >= 11 is 0. The molecule has 0 saturated carbocycles. The standard InChI is InChI=1S/C15H14N2O4/c1-9-7-11(15(19)20)8-14(16-9)21-13-6-4-3-5-12(13)17-10(2)18/h3-8H,1-2H3,(H,17,18)(H,19,20). The molecule has 0 fully saturated rings. The van der Waals surface area contributed by atoms with Gasteiger partial charge in [-0.2, -0.15) is 0 Å². The van der Waals surface area contributed by atoms with Crippen LogP contribution < -0.4 is 10.1 Å². The number of hydrogen-bond donors (Lipinski definition) is 2.